The molecule has 9 atom stereocenters. The lowest BCUT2D eigenvalue weighted by atomic mass is 9.44. The van der Waals surface area contributed by atoms with Crippen LogP contribution >= 0.6 is 0 Å². The highest BCUT2D eigenvalue weighted by Crippen LogP contribution is 2.68. The summed E-state index contributed by atoms with van der Waals surface area (Å²) in [6, 6.07) is 0. The van der Waals surface area contributed by atoms with Gasteiger partial charge in [0.1, 0.15) is 6.54 Å². The fourth-order valence-electron chi connectivity index (χ4n) is 9.69. The third kappa shape index (κ3) is 5.60. The summed E-state index contributed by atoms with van der Waals surface area (Å²) >= 11 is 0. The summed E-state index contributed by atoms with van der Waals surface area (Å²) in [5, 5.41) is 2.71. The third-order valence-corrected chi connectivity index (χ3v) is 12.4. The molecule has 4 fully saturated rings. The van der Waals surface area contributed by atoms with Gasteiger partial charge in [-0.15, -0.1) is 0 Å². The second-order valence-electron chi connectivity index (χ2n) is 14.4. The minimum Gasteiger partial charge on any atom is -0.468 e. The Morgan fingerprint density at radius 2 is 1.67 bits per heavy atom. The van der Waals surface area contributed by atoms with E-state index < -0.39 is 8.32 Å². The molecule has 1 N–H and O–H groups in total. The van der Waals surface area contributed by atoms with Crippen LogP contribution in [0, 0.1) is 46.3 Å². The summed E-state index contributed by atoms with van der Waals surface area (Å²) in [6.45, 7) is 14.6. The largest absolute Gasteiger partial charge is 0.468 e. The molecule has 0 spiro atoms. The second kappa shape index (κ2) is 10.7. The van der Waals surface area contributed by atoms with Crippen molar-refractivity contribution in [2.45, 2.75) is 117 Å². The maximum Gasteiger partial charge on any atom is 0.325 e. The predicted octanol–water partition coefficient (Wildman–Crippen LogP) is 6.57. The van der Waals surface area contributed by atoms with Gasteiger partial charge in [-0.3, -0.25) is 9.59 Å². The molecule has 1 amide bonds. The summed E-state index contributed by atoms with van der Waals surface area (Å²) in [4.78, 5) is 23.6. The maximum absolute atomic E-state index is 12.3. The molecule has 4 aliphatic rings. The van der Waals surface area contributed by atoms with E-state index in [2.05, 4.69) is 50.5 Å². The number of fused-ring (bicyclic) bond motifs is 5. The minimum absolute atomic E-state index is 0.0270. The number of carbonyl (C=O) groups excluding carboxylic acids is 2. The Bertz CT molecular complexity index is 811. The van der Waals surface area contributed by atoms with Gasteiger partial charge in [-0.25, -0.2) is 0 Å². The minimum atomic E-state index is -1.48. The fraction of sp³-hybridized carbons (Fsp3) is 0.933. The van der Waals surface area contributed by atoms with E-state index in [1.807, 2.05) is 0 Å². The lowest BCUT2D eigenvalue weighted by Gasteiger charge is -2.61. The van der Waals surface area contributed by atoms with E-state index in [9.17, 15) is 9.59 Å². The van der Waals surface area contributed by atoms with Crippen molar-refractivity contribution in [3.63, 3.8) is 0 Å². The third-order valence-electron chi connectivity index (χ3n) is 11.4. The standard InChI is InChI=1S/C30H53NO4Si/c1-20(8-13-27(32)31-19-28(33)34-4)24-11-12-25-23-10-9-21-18-22(35-36(5,6)7)14-16-29(21,2)26(23)15-17-30(24,25)3/h20-26H,8-19H2,1-7H3,(H,31,32)/t20-,21-,22-,23+,24-,25+,26+,29+,30-/m1/s1. The molecular weight excluding hydrogens is 466 g/mol. The smallest absolute Gasteiger partial charge is 0.325 e. The number of hydrogen-bond acceptors (Lipinski definition) is 4. The van der Waals surface area contributed by atoms with Crippen LogP contribution in [0.2, 0.25) is 19.6 Å². The van der Waals surface area contributed by atoms with Gasteiger partial charge in [0.15, 0.2) is 8.32 Å². The fourth-order valence-corrected chi connectivity index (χ4v) is 10.9. The van der Waals surface area contributed by atoms with Crippen molar-refractivity contribution in [2.75, 3.05) is 13.7 Å². The topological polar surface area (TPSA) is 64.6 Å². The van der Waals surface area contributed by atoms with E-state index >= 15 is 0 Å². The van der Waals surface area contributed by atoms with Gasteiger partial charge in [-0.2, -0.15) is 0 Å². The van der Waals surface area contributed by atoms with E-state index in [0.29, 0.717) is 35.2 Å². The van der Waals surface area contributed by atoms with Crippen LogP contribution in [-0.2, 0) is 18.8 Å². The molecular formula is C30H53NO4Si. The average molecular weight is 520 g/mol. The van der Waals surface area contributed by atoms with Crippen LogP contribution in [0.15, 0.2) is 0 Å². The van der Waals surface area contributed by atoms with Gasteiger partial charge in [0.25, 0.3) is 0 Å². The van der Waals surface area contributed by atoms with Gasteiger partial charge in [0.05, 0.1) is 7.11 Å². The Kier molecular flexibility index (Phi) is 8.37. The number of amides is 1. The molecule has 0 radical (unpaired) electrons. The Balaban J connectivity index is 1.36. The molecule has 0 aromatic rings. The molecule has 4 aliphatic carbocycles. The van der Waals surface area contributed by atoms with Crippen LogP contribution in [-0.4, -0.2) is 40.0 Å². The van der Waals surface area contributed by atoms with Gasteiger partial charge in [0.2, 0.25) is 5.91 Å². The van der Waals surface area contributed by atoms with E-state index in [-0.39, 0.29) is 18.4 Å². The number of esters is 1. The van der Waals surface area contributed by atoms with Crippen LogP contribution < -0.4 is 5.32 Å². The highest BCUT2D eigenvalue weighted by Gasteiger charge is 2.60. The van der Waals surface area contributed by atoms with Crippen LogP contribution in [0.4, 0.5) is 0 Å². The van der Waals surface area contributed by atoms with Crippen molar-refractivity contribution in [2.24, 2.45) is 46.3 Å². The van der Waals surface area contributed by atoms with E-state index in [4.69, 9.17) is 4.43 Å². The van der Waals surface area contributed by atoms with Crippen molar-refractivity contribution in [3.05, 3.63) is 0 Å². The van der Waals surface area contributed by atoms with Crippen LogP contribution in [0.3, 0.4) is 0 Å². The first-order valence-corrected chi connectivity index (χ1v) is 18.3. The van der Waals surface area contributed by atoms with Gasteiger partial charge in [-0.05, 0) is 130 Å². The van der Waals surface area contributed by atoms with Crippen LogP contribution in [0.5, 0.6) is 0 Å². The highest BCUT2D eigenvalue weighted by molar-refractivity contribution is 6.69. The molecule has 4 saturated carbocycles. The van der Waals surface area contributed by atoms with Gasteiger partial charge >= 0.3 is 5.97 Å². The van der Waals surface area contributed by atoms with Crippen LogP contribution in [0.1, 0.15) is 91.4 Å². The number of methoxy groups -OCH3 is 1. The monoisotopic (exact) mass is 519 g/mol. The maximum atomic E-state index is 12.3. The van der Waals surface area contributed by atoms with E-state index in [1.165, 1.54) is 64.9 Å². The van der Waals surface area contributed by atoms with Crippen molar-refractivity contribution in [3.8, 4) is 0 Å². The van der Waals surface area contributed by atoms with Crippen molar-refractivity contribution >= 4 is 20.2 Å². The molecule has 0 saturated heterocycles. The quantitative estimate of drug-likeness (QED) is 0.291. The van der Waals surface area contributed by atoms with Crippen molar-refractivity contribution in [1.82, 2.24) is 5.32 Å². The molecule has 0 aromatic carbocycles. The average Bonchev–Trinajstić information content (AvgIpc) is 3.17. The van der Waals surface area contributed by atoms with E-state index in [1.54, 1.807) is 0 Å². The van der Waals surface area contributed by atoms with Crippen LogP contribution in [0.25, 0.3) is 0 Å². The zero-order valence-electron chi connectivity index (χ0n) is 24.2. The summed E-state index contributed by atoms with van der Waals surface area (Å²) in [7, 11) is -0.127. The Labute approximate surface area is 221 Å². The van der Waals surface area contributed by atoms with E-state index in [0.717, 1.165) is 30.1 Å². The lowest BCUT2D eigenvalue weighted by Crippen LogP contribution is -2.54. The van der Waals surface area contributed by atoms with Gasteiger partial charge in [-0.1, -0.05) is 20.8 Å². The van der Waals surface area contributed by atoms with Gasteiger partial charge in [0, 0.05) is 12.5 Å². The summed E-state index contributed by atoms with van der Waals surface area (Å²) < 4.78 is 11.2. The summed E-state index contributed by atoms with van der Waals surface area (Å²) in [6.07, 6.45) is 14.1. The molecule has 0 aliphatic heterocycles. The van der Waals surface area contributed by atoms with Crippen molar-refractivity contribution in [1.29, 1.82) is 0 Å². The van der Waals surface area contributed by atoms with Gasteiger partial charge < -0.3 is 14.5 Å². The number of rotatable bonds is 8. The number of carbonyl (C=O) groups is 2. The lowest BCUT2D eigenvalue weighted by molar-refractivity contribution is -0.141. The molecule has 4 rings (SSSR count). The Morgan fingerprint density at radius 3 is 2.36 bits per heavy atom. The number of nitrogens with one attached hydrogen (secondary N) is 1. The SMILES string of the molecule is COC(=O)CNC(=O)CC[C@@H](C)[C@H]1CC[C@H]2[C@@H]3CC[C@@H]4C[C@H](O[Si](C)(C)C)CC[C@]4(C)[C@H]3CC[C@]12C. The first kappa shape index (κ1) is 28.1. The number of ether oxygens (including phenoxy) is 1. The normalized spacial score (nSPS) is 41.0. The molecule has 6 heteroatoms. The predicted molar refractivity (Wildman–Crippen MR) is 147 cm³/mol. The first-order chi connectivity index (χ1) is 16.9. The zero-order chi connectivity index (χ0) is 26.3. The molecule has 0 aromatic heterocycles. The molecule has 5 nitrogen and oxygen atoms in total. The zero-order valence-corrected chi connectivity index (χ0v) is 25.2. The molecule has 0 unspecified atom stereocenters. The Morgan fingerprint density at radius 1 is 0.972 bits per heavy atom. The molecule has 0 heterocycles. The first-order valence-electron chi connectivity index (χ1n) is 14.9. The Hall–Kier alpha value is -0.883. The molecule has 0 bridgehead atoms. The van der Waals surface area contributed by atoms with Crippen molar-refractivity contribution < 1.29 is 18.8 Å². The summed E-state index contributed by atoms with van der Waals surface area (Å²) in [5.74, 6) is 4.31. The second-order valence-corrected chi connectivity index (χ2v) is 18.8. The summed E-state index contributed by atoms with van der Waals surface area (Å²) in [5.41, 5.74) is 0.926. The molecule has 36 heavy (non-hydrogen) atoms. The highest BCUT2D eigenvalue weighted by atomic mass is 28.4. The molecule has 206 valence electrons. The number of hydrogen-bond donors (Lipinski definition) is 1.